The lowest BCUT2D eigenvalue weighted by atomic mass is 9.99. The predicted octanol–water partition coefficient (Wildman–Crippen LogP) is 5.39. The quantitative estimate of drug-likeness (QED) is 0.407. The Kier molecular flexibility index (Phi) is 4.62. The third kappa shape index (κ3) is 3.28. The Morgan fingerprint density at radius 2 is 1.37 bits per heavy atom. The summed E-state index contributed by atoms with van der Waals surface area (Å²) in [5.41, 5.74) is 2.74. The van der Waals surface area contributed by atoms with Crippen molar-refractivity contribution in [3.8, 4) is 0 Å². The Bertz CT molecular complexity index is 1430. The van der Waals surface area contributed by atoms with Gasteiger partial charge < -0.3 is 4.98 Å². The lowest BCUT2D eigenvalue weighted by molar-refractivity contribution is 0.573. The van der Waals surface area contributed by atoms with Crippen molar-refractivity contribution < 1.29 is 8.42 Å². The summed E-state index contributed by atoms with van der Waals surface area (Å²) in [7, 11) is -3.79. The maximum Gasteiger partial charge on any atom is 0.242 e. The minimum absolute atomic E-state index is 0.279. The van der Waals surface area contributed by atoms with Crippen LogP contribution in [0, 0.1) is 0 Å². The normalized spacial score (nSPS) is 12.9. The van der Waals surface area contributed by atoms with Crippen molar-refractivity contribution in [2.45, 2.75) is 10.9 Å². The Labute approximate surface area is 175 Å². The Morgan fingerprint density at radius 1 is 0.700 bits per heavy atom. The highest BCUT2D eigenvalue weighted by Gasteiger charge is 2.26. The second-order valence-electron chi connectivity index (χ2n) is 7.23. The van der Waals surface area contributed by atoms with Crippen LogP contribution in [0.2, 0.25) is 0 Å². The third-order valence-corrected chi connectivity index (χ3v) is 6.86. The van der Waals surface area contributed by atoms with E-state index in [-0.39, 0.29) is 4.90 Å². The minimum atomic E-state index is -3.79. The van der Waals surface area contributed by atoms with E-state index in [0.29, 0.717) is 5.39 Å². The number of para-hydroxylation sites is 1. The molecule has 1 atom stereocenters. The molecular weight excluding hydrogens is 392 g/mol. The van der Waals surface area contributed by atoms with Crippen molar-refractivity contribution >= 4 is 31.7 Å². The first-order valence-electron chi connectivity index (χ1n) is 9.74. The number of benzene rings is 4. The van der Waals surface area contributed by atoms with Gasteiger partial charge in [0.05, 0.1) is 10.9 Å². The average molecular weight is 413 g/mol. The molecule has 5 aromatic rings. The van der Waals surface area contributed by atoms with Gasteiger partial charge in [0, 0.05) is 22.5 Å². The molecule has 5 rings (SSSR count). The summed E-state index contributed by atoms with van der Waals surface area (Å²) >= 11 is 0. The first-order valence-corrected chi connectivity index (χ1v) is 11.2. The van der Waals surface area contributed by atoms with Gasteiger partial charge in [-0.1, -0.05) is 84.9 Å². The van der Waals surface area contributed by atoms with Crippen molar-refractivity contribution in [3.05, 3.63) is 114 Å². The van der Waals surface area contributed by atoms with Crippen LogP contribution >= 0.6 is 0 Å². The van der Waals surface area contributed by atoms with Crippen LogP contribution in [0.3, 0.4) is 0 Å². The summed E-state index contributed by atoms with van der Waals surface area (Å²) in [4.78, 5) is 3.54. The van der Waals surface area contributed by atoms with Gasteiger partial charge in [-0.15, -0.1) is 0 Å². The maximum atomic E-state index is 13.5. The van der Waals surface area contributed by atoms with Gasteiger partial charge in [-0.3, -0.25) is 0 Å². The van der Waals surface area contributed by atoms with Gasteiger partial charge in [0.25, 0.3) is 0 Å². The topological polar surface area (TPSA) is 62.0 Å². The number of fused-ring (bicyclic) bond motifs is 2. The molecule has 4 nitrogen and oxygen atoms in total. The van der Waals surface area contributed by atoms with E-state index in [9.17, 15) is 8.42 Å². The molecule has 30 heavy (non-hydrogen) atoms. The molecule has 0 fully saturated rings. The Morgan fingerprint density at radius 3 is 2.20 bits per heavy atom. The monoisotopic (exact) mass is 412 g/mol. The molecule has 0 bridgehead atoms. The van der Waals surface area contributed by atoms with Crippen LogP contribution in [-0.2, 0) is 10.0 Å². The summed E-state index contributed by atoms with van der Waals surface area (Å²) < 4.78 is 30.0. The fraction of sp³-hybridized carbons (Fsp3) is 0.0400. The summed E-state index contributed by atoms with van der Waals surface area (Å²) in [6.45, 7) is 0. The largest absolute Gasteiger partial charge is 0.361 e. The van der Waals surface area contributed by atoms with Crippen LogP contribution in [0.15, 0.2) is 108 Å². The number of H-pyrrole nitrogens is 1. The van der Waals surface area contributed by atoms with Crippen LogP contribution in [0.25, 0.3) is 21.7 Å². The average Bonchev–Trinajstić information content (AvgIpc) is 3.22. The van der Waals surface area contributed by atoms with E-state index in [1.54, 1.807) is 12.1 Å². The number of nitrogens with one attached hydrogen (secondary N) is 2. The van der Waals surface area contributed by atoms with Crippen molar-refractivity contribution in [2.24, 2.45) is 0 Å². The molecule has 0 aliphatic rings. The molecule has 4 aromatic carbocycles. The second-order valence-corrected chi connectivity index (χ2v) is 8.91. The molecule has 0 saturated carbocycles. The van der Waals surface area contributed by atoms with Crippen LogP contribution < -0.4 is 4.72 Å². The molecule has 0 aliphatic carbocycles. The number of aromatic amines is 1. The van der Waals surface area contributed by atoms with E-state index in [1.165, 1.54) is 0 Å². The number of aromatic nitrogens is 1. The van der Waals surface area contributed by atoms with Gasteiger partial charge in [-0.05, 0) is 28.6 Å². The van der Waals surface area contributed by atoms with Gasteiger partial charge in [0.15, 0.2) is 0 Å². The Hall–Kier alpha value is -3.41. The summed E-state index contributed by atoms with van der Waals surface area (Å²) in [5, 5.41) is 2.59. The van der Waals surface area contributed by atoms with Crippen LogP contribution in [0.5, 0.6) is 0 Å². The molecule has 1 heterocycles. The molecule has 148 valence electrons. The lowest BCUT2D eigenvalue weighted by Crippen LogP contribution is -2.29. The van der Waals surface area contributed by atoms with Crippen molar-refractivity contribution in [1.82, 2.24) is 9.71 Å². The van der Waals surface area contributed by atoms with Gasteiger partial charge in [-0.25, -0.2) is 8.42 Å². The number of hydrogen-bond acceptors (Lipinski definition) is 2. The first kappa shape index (κ1) is 18.6. The summed E-state index contributed by atoms with van der Waals surface area (Å²) in [6, 6.07) is 29.9. The predicted molar refractivity (Wildman–Crippen MR) is 121 cm³/mol. The molecule has 0 aliphatic heterocycles. The second kappa shape index (κ2) is 7.44. The van der Waals surface area contributed by atoms with Crippen molar-refractivity contribution in [2.75, 3.05) is 0 Å². The highest BCUT2D eigenvalue weighted by molar-refractivity contribution is 7.89. The van der Waals surface area contributed by atoms with Gasteiger partial charge in [0.1, 0.15) is 0 Å². The third-order valence-electron chi connectivity index (χ3n) is 5.38. The zero-order chi connectivity index (χ0) is 20.6. The molecule has 5 heteroatoms. The van der Waals surface area contributed by atoms with E-state index in [4.69, 9.17) is 0 Å². The first-order chi connectivity index (χ1) is 14.6. The number of sulfonamides is 1. The number of hydrogen-bond donors (Lipinski definition) is 2. The SMILES string of the molecule is O=S(=O)(N[C@@H](c1ccccc1)c1c[nH]c2ccccc12)c1cccc2ccccc12. The van der Waals surface area contributed by atoms with E-state index >= 15 is 0 Å². The molecular formula is C25H20N2O2S. The van der Waals surface area contributed by atoms with E-state index in [1.807, 2.05) is 91.1 Å². The van der Waals surface area contributed by atoms with Crippen LogP contribution in [0.1, 0.15) is 17.2 Å². The fourth-order valence-electron chi connectivity index (χ4n) is 3.94. The molecule has 2 N–H and O–H groups in total. The highest BCUT2D eigenvalue weighted by Crippen LogP contribution is 2.31. The van der Waals surface area contributed by atoms with E-state index < -0.39 is 16.1 Å². The van der Waals surface area contributed by atoms with E-state index in [2.05, 4.69) is 9.71 Å². The summed E-state index contributed by atoms with van der Waals surface area (Å²) in [5.74, 6) is 0. The van der Waals surface area contributed by atoms with Crippen LogP contribution in [0.4, 0.5) is 0 Å². The smallest absolute Gasteiger partial charge is 0.242 e. The molecule has 0 amide bonds. The van der Waals surface area contributed by atoms with Gasteiger partial charge in [0.2, 0.25) is 10.0 Å². The van der Waals surface area contributed by atoms with Crippen molar-refractivity contribution in [1.29, 1.82) is 0 Å². The summed E-state index contributed by atoms with van der Waals surface area (Å²) in [6.07, 6.45) is 1.88. The molecule has 0 spiro atoms. The molecule has 0 radical (unpaired) electrons. The maximum absolute atomic E-state index is 13.5. The van der Waals surface area contributed by atoms with Crippen LogP contribution in [-0.4, -0.2) is 13.4 Å². The fourth-order valence-corrected chi connectivity index (χ4v) is 5.37. The standard InChI is InChI=1S/C25H20N2O2S/c28-30(29,24-16-8-12-18-9-4-5-13-20(18)24)27-25(19-10-2-1-3-11-19)22-17-26-23-15-7-6-14-21(22)23/h1-17,25-27H/t25-/m0/s1. The molecule has 0 unspecified atom stereocenters. The van der Waals surface area contributed by atoms with Crippen molar-refractivity contribution in [3.63, 3.8) is 0 Å². The lowest BCUT2D eigenvalue weighted by Gasteiger charge is -2.20. The number of rotatable bonds is 5. The zero-order valence-corrected chi connectivity index (χ0v) is 16.9. The minimum Gasteiger partial charge on any atom is -0.361 e. The van der Waals surface area contributed by atoms with E-state index in [0.717, 1.165) is 27.4 Å². The molecule has 0 saturated heterocycles. The zero-order valence-electron chi connectivity index (χ0n) is 16.1. The molecule has 1 aromatic heterocycles. The van der Waals surface area contributed by atoms with Gasteiger partial charge in [-0.2, -0.15) is 4.72 Å². The highest BCUT2D eigenvalue weighted by atomic mass is 32.2. The Balaban J connectivity index is 1.66. The van der Waals surface area contributed by atoms with Gasteiger partial charge >= 0.3 is 0 Å².